The molecule has 0 aliphatic heterocycles. The highest BCUT2D eigenvalue weighted by molar-refractivity contribution is 5.33. The molecule has 0 saturated heterocycles. The lowest BCUT2D eigenvalue weighted by Gasteiger charge is -2.36. The lowest BCUT2D eigenvalue weighted by Crippen LogP contribution is -2.31. The molecule has 0 fully saturated rings. The SMILES string of the molecule is c1ccc(CNCc2ccc(CN(Cc3ccccn3)C3CCCc4ccccc43)cc2)nc1. The summed E-state index contributed by atoms with van der Waals surface area (Å²) >= 11 is 0. The third-order valence-electron chi connectivity index (χ3n) is 6.64. The van der Waals surface area contributed by atoms with Crippen LogP contribution < -0.4 is 5.32 Å². The van der Waals surface area contributed by atoms with Gasteiger partial charge in [0.2, 0.25) is 0 Å². The number of pyridine rings is 2. The normalized spacial score (nSPS) is 15.3. The lowest BCUT2D eigenvalue weighted by molar-refractivity contribution is 0.159. The number of aryl methyl sites for hydroxylation is 1. The summed E-state index contributed by atoms with van der Waals surface area (Å²) in [6.45, 7) is 3.39. The summed E-state index contributed by atoms with van der Waals surface area (Å²) in [4.78, 5) is 11.6. The highest BCUT2D eigenvalue weighted by Gasteiger charge is 2.26. The summed E-state index contributed by atoms with van der Waals surface area (Å²) in [5, 5.41) is 3.49. The Morgan fingerprint density at radius 1 is 0.706 bits per heavy atom. The summed E-state index contributed by atoms with van der Waals surface area (Å²) in [6, 6.07) is 30.7. The van der Waals surface area contributed by atoms with E-state index in [1.54, 1.807) is 0 Å². The molecule has 0 bridgehead atoms. The number of nitrogens with zero attached hydrogens (tertiary/aromatic N) is 3. The minimum atomic E-state index is 0.423. The van der Waals surface area contributed by atoms with Crippen LogP contribution in [0.5, 0.6) is 0 Å². The maximum atomic E-state index is 4.63. The van der Waals surface area contributed by atoms with Gasteiger partial charge in [-0.05, 0) is 65.8 Å². The first-order valence-electron chi connectivity index (χ1n) is 12.3. The van der Waals surface area contributed by atoms with Crippen LogP contribution in [0.4, 0.5) is 0 Å². The summed E-state index contributed by atoms with van der Waals surface area (Å²) in [5.74, 6) is 0. The fourth-order valence-electron chi connectivity index (χ4n) is 4.92. The van der Waals surface area contributed by atoms with Crippen LogP contribution in [0.1, 0.15) is 52.5 Å². The lowest BCUT2D eigenvalue weighted by atomic mass is 9.86. The van der Waals surface area contributed by atoms with E-state index >= 15 is 0 Å². The van der Waals surface area contributed by atoms with Crippen LogP contribution in [0.25, 0.3) is 0 Å². The van der Waals surface area contributed by atoms with Crippen LogP contribution in [-0.4, -0.2) is 14.9 Å². The Balaban J connectivity index is 1.28. The van der Waals surface area contributed by atoms with Crippen LogP contribution >= 0.6 is 0 Å². The number of fused-ring (bicyclic) bond motifs is 1. The highest BCUT2D eigenvalue weighted by atomic mass is 15.2. The van der Waals surface area contributed by atoms with E-state index in [1.165, 1.54) is 41.5 Å². The molecule has 4 aromatic rings. The quantitative estimate of drug-likeness (QED) is 0.349. The zero-order chi connectivity index (χ0) is 23.0. The van der Waals surface area contributed by atoms with Gasteiger partial charge in [-0.25, -0.2) is 0 Å². The van der Waals surface area contributed by atoms with Crippen LogP contribution in [0.2, 0.25) is 0 Å². The van der Waals surface area contributed by atoms with Gasteiger partial charge in [0.15, 0.2) is 0 Å². The molecule has 4 heteroatoms. The van der Waals surface area contributed by atoms with E-state index in [-0.39, 0.29) is 0 Å². The van der Waals surface area contributed by atoms with Gasteiger partial charge in [0, 0.05) is 44.6 Å². The first-order valence-corrected chi connectivity index (χ1v) is 12.3. The Kier molecular flexibility index (Phi) is 7.39. The maximum Gasteiger partial charge on any atom is 0.0544 e. The molecule has 5 rings (SSSR count). The van der Waals surface area contributed by atoms with Crippen molar-refractivity contribution in [2.24, 2.45) is 0 Å². The molecule has 2 heterocycles. The van der Waals surface area contributed by atoms with Crippen LogP contribution in [0.15, 0.2) is 97.3 Å². The second kappa shape index (κ2) is 11.2. The number of aromatic nitrogens is 2. The van der Waals surface area contributed by atoms with Gasteiger partial charge in [-0.2, -0.15) is 0 Å². The Hall–Kier alpha value is -3.34. The van der Waals surface area contributed by atoms with Crippen molar-refractivity contribution >= 4 is 0 Å². The first kappa shape index (κ1) is 22.5. The smallest absolute Gasteiger partial charge is 0.0544 e. The maximum absolute atomic E-state index is 4.63. The molecule has 1 N–H and O–H groups in total. The van der Waals surface area contributed by atoms with Gasteiger partial charge in [-0.15, -0.1) is 0 Å². The number of rotatable bonds is 9. The van der Waals surface area contributed by atoms with Gasteiger partial charge in [-0.1, -0.05) is 60.7 Å². The van der Waals surface area contributed by atoms with Gasteiger partial charge in [0.05, 0.1) is 11.4 Å². The predicted octanol–water partition coefficient (Wildman–Crippen LogP) is 5.85. The Morgan fingerprint density at radius 3 is 2.18 bits per heavy atom. The average molecular weight is 449 g/mol. The van der Waals surface area contributed by atoms with E-state index in [2.05, 4.69) is 86.9 Å². The molecule has 0 amide bonds. The third-order valence-corrected chi connectivity index (χ3v) is 6.64. The fourth-order valence-corrected chi connectivity index (χ4v) is 4.92. The summed E-state index contributed by atoms with van der Waals surface area (Å²) in [6.07, 6.45) is 7.35. The van der Waals surface area contributed by atoms with Crippen molar-refractivity contribution in [1.82, 2.24) is 20.2 Å². The van der Waals surface area contributed by atoms with Gasteiger partial charge >= 0.3 is 0 Å². The Bertz CT molecular complexity index is 1160. The van der Waals surface area contributed by atoms with Crippen molar-refractivity contribution in [2.75, 3.05) is 0 Å². The standard InChI is InChI=1S/C30H32N4/c1-2-12-29-26(8-1)9-7-13-30(29)34(23-28-11-4-6-19-33-28)22-25-16-14-24(15-17-25)20-31-21-27-10-3-5-18-32-27/h1-6,8,10-12,14-19,30-31H,7,9,13,20-23H2. The second-order valence-corrected chi connectivity index (χ2v) is 9.07. The Morgan fingerprint density at radius 2 is 1.41 bits per heavy atom. The summed E-state index contributed by atoms with van der Waals surface area (Å²) in [7, 11) is 0. The van der Waals surface area contributed by atoms with Crippen LogP contribution in [0.3, 0.4) is 0 Å². The van der Waals surface area contributed by atoms with Crippen molar-refractivity contribution in [2.45, 2.75) is 51.5 Å². The third kappa shape index (κ3) is 5.77. The summed E-state index contributed by atoms with van der Waals surface area (Å²) in [5.41, 5.74) is 7.81. The van der Waals surface area contributed by atoms with Gasteiger partial charge in [0.25, 0.3) is 0 Å². The summed E-state index contributed by atoms with van der Waals surface area (Å²) < 4.78 is 0. The minimum Gasteiger partial charge on any atom is -0.307 e. The molecule has 4 nitrogen and oxygen atoms in total. The van der Waals surface area contributed by atoms with E-state index in [1.807, 2.05) is 30.6 Å². The first-order chi connectivity index (χ1) is 16.8. The number of hydrogen-bond donors (Lipinski definition) is 1. The van der Waals surface area contributed by atoms with Crippen molar-refractivity contribution in [3.63, 3.8) is 0 Å². The van der Waals surface area contributed by atoms with E-state index in [0.717, 1.165) is 37.6 Å². The molecule has 1 aliphatic rings. The molecule has 0 spiro atoms. The highest BCUT2D eigenvalue weighted by Crippen LogP contribution is 2.35. The van der Waals surface area contributed by atoms with Crippen molar-refractivity contribution < 1.29 is 0 Å². The number of nitrogens with one attached hydrogen (secondary N) is 1. The van der Waals surface area contributed by atoms with Crippen molar-refractivity contribution in [3.05, 3.63) is 131 Å². The topological polar surface area (TPSA) is 41.0 Å². The van der Waals surface area contributed by atoms with Crippen LogP contribution in [-0.2, 0) is 32.6 Å². The van der Waals surface area contributed by atoms with Gasteiger partial charge < -0.3 is 5.32 Å². The molecule has 0 saturated carbocycles. The van der Waals surface area contributed by atoms with E-state index < -0.39 is 0 Å². The monoisotopic (exact) mass is 448 g/mol. The average Bonchev–Trinajstić information content (AvgIpc) is 2.90. The van der Waals surface area contributed by atoms with E-state index in [0.29, 0.717) is 6.04 Å². The predicted molar refractivity (Wildman–Crippen MR) is 137 cm³/mol. The van der Waals surface area contributed by atoms with Crippen molar-refractivity contribution in [1.29, 1.82) is 0 Å². The zero-order valence-corrected chi connectivity index (χ0v) is 19.6. The molecule has 172 valence electrons. The molecular formula is C30H32N4. The minimum absolute atomic E-state index is 0.423. The largest absolute Gasteiger partial charge is 0.307 e. The molecule has 1 atom stereocenters. The van der Waals surface area contributed by atoms with Crippen molar-refractivity contribution in [3.8, 4) is 0 Å². The molecule has 2 aromatic heterocycles. The second-order valence-electron chi connectivity index (χ2n) is 9.07. The van der Waals surface area contributed by atoms with Crippen LogP contribution in [0, 0.1) is 0 Å². The fraction of sp³-hybridized carbons (Fsp3) is 0.267. The molecule has 34 heavy (non-hydrogen) atoms. The number of benzene rings is 2. The molecule has 1 unspecified atom stereocenters. The van der Waals surface area contributed by atoms with Gasteiger partial charge in [-0.3, -0.25) is 14.9 Å². The van der Waals surface area contributed by atoms with Gasteiger partial charge in [0.1, 0.15) is 0 Å². The molecule has 0 radical (unpaired) electrons. The zero-order valence-electron chi connectivity index (χ0n) is 19.6. The molecular weight excluding hydrogens is 416 g/mol. The Labute approximate surface area is 202 Å². The van der Waals surface area contributed by atoms with E-state index in [4.69, 9.17) is 0 Å². The number of hydrogen-bond acceptors (Lipinski definition) is 4. The molecule has 2 aromatic carbocycles. The van der Waals surface area contributed by atoms with E-state index in [9.17, 15) is 0 Å². The molecule has 1 aliphatic carbocycles.